The zero-order chi connectivity index (χ0) is 12.7. The van der Waals surface area contributed by atoms with Crippen molar-refractivity contribution in [2.24, 2.45) is 13.0 Å². The molecule has 2 heterocycles. The fourth-order valence-corrected chi connectivity index (χ4v) is 5.65. The first-order valence-electron chi connectivity index (χ1n) is 5.00. The molecule has 1 aromatic heterocycles. The number of nitrogens with one attached hydrogen (secondary N) is 1. The molecule has 1 fully saturated rings. The normalized spacial score (nSPS) is 17.9. The predicted octanol–water partition coefficient (Wildman–Crippen LogP) is -1.26. The summed E-state index contributed by atoms with van der Waals surface area (Å²) >= 11 is 0. The third kappa shape index (κ3) is 2.09. The van der Waals surface area contributed by atoms with Gasteiger partial charge in [-0.3, -0.25) is 0 Å². The highest BCUT2D eigenvalue weighted by atomic mass is 33.2. The minimum absolute atomic E-state index is 0.130. The van der Waals surface area contributed by atoms with E-state index in [1.807, 2.05) is 0 Å². The molecule has 0 aromatic carbocycles. The SMILES string of the molecule is Cn1ccnc1S(=O)(=O)S(=O)(=O)CC1CNC1. The van der Waals surface area contributed by atoms with E-state index < -0.39 is 22.9 Å². The topological polar surface area (TPSA) is 98.1 Å². The van der Waals surface area contributed by atoms with E-state index in [1.54, 1.807) is 0 Å². The minimum Gasteiger partial charge on any atom is -0.324 e. The fraction of sp³-hybridized carbons (Fsp3) is 0.625. The van der Waals surface area contributed by atoms with Gasteiger partial charge in [0.05, 0.1) is 5.75 Å². The van der Waals surface area contributed by atoms with Gasteiger partial charge in [-0.05, 0) is 5.92 Å². The maximum absolute atomic E-state index is 11.9. The van der Waals surface area contributed by atoms with Gasteiger partial charge in [0.15, 0.2) is 0 Å². The Morgan fingerprint density at radius 1 is 1.41 bits per heavy atom. The van der Waals surface area contributed by atoms with Crippen LogP contribution < -0.4 is 5.32 Å². The maximum atomic E-state index is 11.9. The van der Waals surface area contributed by atoms with Crippen molar-refractivity contribution in [2.75, 3.05) is 18.8 Å². The van der Waals surface area contributed by atoms with E-state index >= 15 is 0 Å². The largest absolute Gasteiger partial charge is 0.324 e. The molecule has 7 nitrogen and oxygen atoms in total. The molecule has 1 saturated heterocycles. The second-order valence-corrected chi connectivity index (χ2v) is 9.59. The second kappa shape index (κ2) is 4.07. The van der Waals surface area contributed by atoms with Gasteiger partial charge in [0.1, 0.15) is 0 Å². The average Bonchev–Trinajstić information content (AvgIpc) is 2.58. The molecule has 1 N–H and O–H groups in total. The molecule has 1 aliphatic heterocycles. The molecule has 0 bridgehead atoms. The summed E-state index contributed by atoms with van der Waals surface area (Å²) in [6, 6.07) is 0. The van der Waals surface area contributed by atoms with Gasteiger partial charge in [0, 0.05) is 32.5 Å². The lowest BCUT2D eigenvalue weighted by atomic mass is 10.1. The first-order chi connectivity index (χ1) is 7.84. The fourth-order valence-electron chi connectivity index (χ4n) is 1.55. The van der Waals surface area contributed by atoms with Crippen molar-refractivity contribution in [3.05, 3.63) is 12.4 Å². The Morgan fingerprint density at radius 3 is 2.47 bits per heavy atom. The summed E-state index contributed by atoms with van der Waals surface area (Å²) in [7, 11) is -7.17. The number of rotatable bonds is 4. The third-order valence-corrected chi connectivity index (χ3v) is 7.89. The summed E-state index contributed by atoms with van der Waals surface area (Å²) < 4.78 is 48.7. The molecule has 17 heavy (non-hydrogen) atoms. The third-order valence-electron chi connectivity index (χ3n) is 2.64. The summed E-state index contributed by atoms with van der Waals surface area (Å²) in [6.07, 6.45) is 2.65. The molecule has 9 heteroatoms. The van der Waals surface area contributed by atoms with E-state index in [0.29, 0.717) is 13.1 Å². The van der Waals surface area contributed by atoms with Gasteiger partial charge in [-0.15, -0.1) is 0 Å². The Bertz CT molecular complexity index is 613. The first-order valence-corrected chi connectivity index (χ1v) is 8.65. The lowest BCUT2D eigenvalue weighted by molar-refractivity contribution is 0.379. The Balaban J connectivity index is 2.35. The maximum Gasteiger partial charge on any atom is 0.315 e. The number of nitrogens with zero attached hydrogens (tertiary/aromatic N) is 2. The molecule has 0 amide bonds. The number of hydrogen-bond acceptors (Lipinski definition) is 6. The number of aryl methyl sites for hydroxylation is 1. The summed E-state index contributed by atoms with van der Waals surface area (Å²) in [4.78, 5) is 3.59. The van der Waals surface area contributed by atoms with Crippen molar-refractivity contribution in [1.29, 1.82) is 0 Å². The van der Waals surface area contributed by atoms with Crippen molar-refractivity contribution in [3.63, 3.8) is 0 Å². The van der Waals surface area contributed by atoms with Gasteiger partial charge in [-0.25, -0.2) is 21.8 Å². The highest BCUT2D eigenvalue weighted by molar-refractivity contribution is 8.67. The summed E-state index contributed by atoms with van der Waals surface area (Å²) in [6.45, 7) is 1.07. The monoisotopic (exact) mass is 279 g/mol. The highest BCUT2D eigenvalue weighted by Crippen LogP contribution is 2.19. The van der Waals surface area contributed by atoms with E-state index in [-0.39, 0.29) is 11.7 Å². The predicted molar refractivity (Wildman–Crippen MR) is 60.5 cm³/mol. The number of imidazole rings is 1. The lowest BCUT2D eigenvalue weighted by Gasteiger charge is -2.26. The summed E-state index contributed by atoms with van der Waals surface area (Å²) in [5.74, 6) is -0.482. The molecule has 0 radical (unpaired) electrons. The molecular weight excluding hydrogens is 266 g/mol. The van der Waals surface area contributed by atoms with E-state index in [4.69, 9.17) is 0 Å². The van der Waals surface area contributed by atoms with Crippen molar-refractivity contribution in [2.45, 2.75) is 5.16 Å². The van der Waals surface area contributed by atoms with Crippen LogP contribution in [0.2, 0.25) is 0 Å². The van der Waals surface area contributed by atoms with Crippen LogP contribution in [-0.2, 0) is 24.8 Å². The molecule has 0 saturated carbocycles. The zero-order valence-electron chi connectivity index (χ0n) is 9.20. The van der Waals surface area contributed by atoms with Gasteiger partial charge >= 0.3 is 8.87 Å². The first kappa shape index (κ1) is 12.5. The average molecular weight is 279 g/mol. The van der Waals surface area contributed by atoms with Gasteiger partial charge in [-0.1, -0.05) is 0 Å². The van der Waals surface area contributed by atoms with Crippen molar-refractivity contribution >= 4 is 17.7 Å². The molecular formula is C8H13N3O4S2. The van der Waals surface area contributed by atoms with Crippen molar-refractivity contribution < 1.29 is 16.8 Å². The molecule has 0 atom stereocenters. The van der Waals surface area contributed by atoms with E-state index in [2.05, 4.69) is 10.3 Å². The minimum atomic E-state index is -4.40. The van der Waals surface area contributed by atoms with E-state index in [9.17, 15) is 16.8 Å². The Morgan fingerprint density at radius 2 is 2.06 bits per heavy atom. The molecule has 0 aliphatic carbocycles. The van der Waals surface area contributed by atoms with E-state index in [0.717, 1.165) is 0 Å². The van der Waals surface area contributed by atoms with E-state index in [1.165, 1.54) is 24.0 Å². The van der Waals surface area contributed by atoms with Crippen LogP contribution in [0.25, 0.3) is 0 Å². The molecule has 1 aromatic rings. The van der Waals surface area contributed by atoms with Crippen LogP contribution in [-0.4, -0.2) is 45.2 Å². The number of hydrogen-bond donors (Lipinski definition) is 1. The van der Waals surface area contributed by atoms with Crippen LogP contribution in [0.1, 0.15) is 0 Å². The van der Waals surface area contributed by atoms with Crippen LogP contribution in [0.4, 0.5) is 0 Å². The van der Waals surface area contributed by atoms with Crippen LogP contribution in [0.5, 0.6) is 0 Å². The second-order valence-electron chi connectivity index (χ2n) is 4.02. The van der Waals surface area contributed by atoms with Crippen LogP contribution in [0.3, 0.4) is 0 Å². The zero-order valence-corrected chi connectivity index (χ0v) is 10.8. The van der Waals surface area contributed by atoms with Gasteiger partial charge in [-0.2, -0.15) is 0 Å². The quantitative estimate of drug-likeness (QED) is 0.691. The van der Waals surface area contributed by atoms with Gasteiger partial charge < -0.3 is 9.88 Å². The molecule has 1 aliphatic rings. The van der Waals surface area contributed by atoms with Gasteiger partial charge in [0.25, 0.3) is 8.87 Å². The van der Waals surface area contributed by atoms with Gasteiger partial charge in [0.2, 0.25) is 5.16 Å². The summed E-state index contributed by atoms with van der Waals surface area (Å²) in [5.41, 5.74) is 0. The smallest absolute Gasteiger partial charge is 0.315 e. The standard InChI is InChI=1S/C8H13N3O4S2/c1-11-3-2-10-8(11)17(14,15)16(12,13)6-7-4-9-5-7/h2-3,7,9H,4-6H2,1H3. The molecule has 96 valence electrons. The molecule has 0 unspecified atom stereocenters. The van der Waals surface area contributed by atoms with Crippen LogP contribution >= 0.6 is 0 Å². The Labute approximate surface area is 99.1 Å². The Kier molecular flexibility index (Phi) is 3.00. The van der Waals surface area contributed by atoms with Crippen molar-refractivity contribution in [1.82, 2.24) is 14.9 Å². The molecule has 2 rings (SSSR count). The Hall–Kier alpha value is -0.930. The highest BCUT2D eigenvalue weighted by Gasteiger charge is 2.38. The molecule has 0 spiro atoms. The lowest BCUT2D eigenvalue weighted by Crippen LogP contribution is -2.46. The summed E-state index contributed by atoms with van der Waals surface area (Å²) in [5, 5.41) is 2.48. The van der Waals surface area contributed by atoms with Crippen LogP contribution in [0, 0.1) is 5.92 Å². The van der Waals surface area contributed by atoms with Crippen molar-refractivity contribution in [3.8, 4) is 0 Å². The van der Waals surface area contributed by atoms with Crippen LogP contribution in [0.15, 0.2) is 17.6 Å². The number of aromatic nitrogens is 2.